The summed E-state index contributed by atoms with van der Waals surface area (Å²) in [7, 11) is 0. The summed E-state index contributed by atoms with van der Waals surface area (Å²) in [4.78, 5) is 10.4. The van der Waals surface area contributed by atoms with Gasteiger partial charge in [0.15, 0.2) is 0 Å². The summed E-state index contributed by atoms with van der Waals surface area (Å²) >= 11 is 3.41. The summed E-state index contributed by atoms with van der Waals surface area (Å²) in [5.74, 6) is 0.755. The summed E-state index contributed by atoms with van der Waals surface area (Å²) in [6, 6.07) is 15.7. The summed E-state index contributed by atoms with van der Waals surface area (Å²) in [6.45, 7) is 0.504. The average molecular weight is 317 g/mol. The molecule has 0 saturated heterocycles. The molecule has 0 heterocycles. The Labute approximate surface area is 120 Å². The highest BCUT2D eigenvalue weighted by atomic mass is 79.9. The Hall–Kier alpha value is -1.87. The largest absolute Gasteiger partial charge is 0.488 e. The predicted molar refractivity (Wildman–Crippen MR) is 80.0 cm³/mol. The van der Waals surface area contributed by atoms with Crippen LogP contribution in [-0.4, -0.2) is 6.29 Å². The van der Waals surface area contributed by atoms with Gasteiger partial charge in [-0.05, 0) is 35.9 Å². The molecule has 0 aliphatic rings. The number of ether oxygens (including phenoxy) is 1. The van der Waals surface area contributed by atoms with Crippen LogP contribution in [0.25, 0.3) is 6.08 Å². The third-order valence-electron chi connectivity index (χ3n) is 2.56. The first kappa shape index (κ1) is 13.6. The smallest absolute Gasteiger partial charge is 0.142 e. The van der Waals surface area contributed by atoms with E-state index in [4.69, 9.17) is 4.74 Å². The molecule has 2 nitrogen and oxygen atoms in total. The number of aldehydes is 1. The van der Waals surface area contributed by atoms with E-state index in [9.17, 15) is 4.79 Å². The number of carbonyl (C=O) groups is 1. The molecule has 0 radical (unpaired) electrons. The molecule has 3 heteroatoms. The average Bonchev–Trinajstić information content (AvgIpc) is 2.45. The van der Waals surface area contributed by atoms with Crippen molar-refractivity contribution < 1.29 is 9.53 Å². The van der Waals surface area contributed by atoms with E-state index in [1.165, 1.54) is 6.08 Å². The van der Waals surface area contributed by atoms with Crippen LogP contribution in [0.15, 0.2) is 59.1 Å². The van der Waals surface area contributed by atoms with Crippen LogP contribution in [0.5, 0.6) is 5.75 Å². The van der Waals surface area contributed by atoms with Crippen LogP contribution in [0.3, 0.4) is 0 Å². The van der Waals surface area contributed by atoms with Gasteiger partial charge in [0, 0.05) is 10.0 Å². The minimum absolute atomic E-state index is 0.504. The van der Waals surface area contributed by atoms with Crippen LogP contribution in [0.4, 0.5) is 0 Å². The summed E-state index contributed by atoms with van der Waals surface area (Å²) in [6.07, 6.45) is 3.94. The zero-order valence-electron chi connectivity index (χ0n) is 10.3. The van der Waals surface area contributed by atoms with Crippen LogP contribution < -0.4 is 4.74 Å². The van der Waals surface area contributed by atoms with Gasteiger partial charge in [-0.1, -0.05) is 46.3 Å². The standard InChI is InChI=1S/C16H13BrO2/c17-15-8-9-16(14(11-15)7-4-10-18)19-12-13-5-2-1-3-6-13/h1-11H,12H2. The molecule has 0 spiro atoms. The Bertz CT molecular complexity index is 577. The first-order chi connectivity index (χ1) is 9.29. The highest BCUT2D eigenvalue weighted by Gasteiger charge is 2.02. The van der Waals surface area contributed by atoms with E-state index in [1.807, 2.05) is 48.5 Å². The Morgan fingerprint density at radius 2 is 1.89 bits per heavy atom. The van der Waals surface area contributed by atoms with Gasteiger partial charge in [-0.25, -0.2) is 0 Å². The number of allylic oxidation sites excluding steroid dienone is 1. The van der Waals surface area contributed by atoms with Crippen molar-refractivity contribution in [1.82, 2.24) is 0 Å². The van der Waals surface area contributed by atoms with Gasteiger partial charge in [0.2, 0.25) is 0 Å². The van der Waals surface area contributed by atoms with Crippen LogP contribution in [0, 0.1) is 0 Å². The first-order valence-electron chi connectivity index (χ1n) is 5.88. The highest BCUT2D eigenvalue weighted by molar-refractivity contribution is 9.10. The van der Waals surface area contributed by atoms with Crippen molar-refractivity contribution in [2.24, 2.45) is 0 Å². The molecular formula is C16H13BrO2. The molecule has 0 aliphatic carbocycles. The molecule has 0 amide bonds. The Balaban J connectivity index is 2.15. The summed E-state index contributed by atoms with van der Waals surface area (Å²) in [5.41, 5.74) is 1.98. The van der Waals surface area contributed by atoms with Crippen molar-refractivity contribution in [3.05, 3.63) is 70.2 Å². The number of hydrogen-bond acceptors (Lipinski definition) is 2. The highest BCUT2D eigenvalue weighted by Crippen LogP contribution is 2.25. The molecule has 0 aliphatic heterocycles. The second-order valence-electron chi connectivity index (χ2n) is 3.95. The molecular weight excluding hydrogens is 304 g/mol. The van der Waals surface area contributed by atoms with E-state index >= 15 is 0 Å². The maximum Gasteiger partial charge on any atom is 0.142 e. The molecule has 0 atom stereocenters. The minimum atomic E-state index is 0.504. The zero-order chi connectivity index (χ0) is 13.5. The van der Waals surface area contributed by atoms with Crippen molar-refractivity contribution in [2.75, 3.05) is 0 Å². The topological polar surface area (TPSA) is 26.3 Å². The van der Waals surface area contributed by atoms with Gasteiger partial charge in [0.1, 0.15) is 18.6 Å². The molecule has 0 fully saturated rings. The fourth-order valence-corrected chi connectivity index (χ4v) is 2.04. The molecule has 0 bridgehead atoms. The fourth-order valence-electron chi connectivity index (χ4n) is 1.66. The van der Waals surface area contributed by atoms with Crippen LogP contribution in [-0.2, 0) is 11.4 Å². The Morgan fingerprint density at radius 3 is 2.63 bits per heavy atom. The third-order valence-corrected chi connectivity index (χ3v) is 3.06. The number of rotatable bonds is 5. The molecule has 0 N–H and O–H groups in total. The quantitative estimate of drug-likeness (QED) is 0.609. The molecule has 0 aromatic heterocycles. The molecule has 0 unspecified atom stereocenters. The van der Waals surface area contributed by atoms with Crippen molar-refractivity contribution in [2.45, 2.75) is 6.61 Å². The van der Waals surface area contributed by atoms with Gasteiger partial charge >= 0.3 is 0 Å². The van der Waals surface area contributed by atoms with E-state index in [0.29, 0.717) is 6.61 Å². The Kier molecular flexibility index (Phi) is 4.93. The van der Waals surface area contributed by atoms with Gasteiger partial charge in [0.05, 0.1) is 0 Å². The van der Waals surface area contributed by atoms with Crippen molar-refractivity contribution in [1.29, 1.82) is 0 Å². The molecule has 2 aromatic rings. The lowest BCUT2D eigenvalue weighted by Crippen LogP contribution is -1.96. The van der Waals surface area contributed by atoms with E-state index in [-0.39, 0.29) is 0 Å². The van der Waals surface area contributed by atoms with E-state index in [2.05, 4.69) is 15.9 Å². The summed E-state index contributed by atoms with van der Waals surface area (Å²) in [5, 5.41) is 0. The lowest BCUT2D eigenvalue weighted by molar-refractivity contribution is -0.104. The lowest BCUT2D eigenvalue weighted by Gasteiger charge is -2.09. The SMILES string of the molecule is O=CC=Cc1cc(Br)ccc1OCc1ccccc1. The molecule has 2 rings (SSSR count). The molecule has 2 aromatic carbocycles. The van der Waals surface area contributed by atoms with Gasteiger partial charge in [0.25, 0.3) is 0 Å². The number of hydrogen-bond donors (Lipinski definition) is 0. The maximum absolute atomic E-state index is 10.4. The van der Waals surface area contributed by atoms with Crippen LogP contribution in [0.1, 0.15) is 11.1 Å². The molecule has 19 heavy (non-hydrogen) atoms. The van der Waals surface area contributed by atoms with E-state index in [0.717, 1.165) is 27.6 Å². The van der Waals surface area contributed by atoms with Crippen LogP contribution >= 0.6 is 15.9 Å². The van der Waals surface area contributed by atoms with Gasteiger partial charge in [-0.15, -0.1) is 0 Å². The van der Waals surface area contributed by atoms with Crippen LogP contribution in [0.2, 0.25) is 0 Å². The van der Waals surface area contributed by atoms with E-state index in [1.54, 1.807) is 6.08 Å². The van der Waals surface area contributed by atoms with E-state index < -0.39 is 0 Å². The van der Waals surface area contributed by atoms with Crippen molar-refractivity contribution in [3.63, 3.8) is 0 Å². The Morgan fingerprint density at radius 1 is 1.11 bits per heavy atom. The first-order valence-corrected chi connectivity index (χ1v) is 6.67. The third kappa shape index (κ3) is 4.07. The number of benzene rings is 2. The maximum atomic E-state index is 10.4. The monoisotopic (exact) mass is 316 g/mol. The molecule has 0 saturated carbocycles. The van der Waals surface area contributed by atoms with Crippen molar-refractivity contribution >= 4 is 28.3 Å². The van der Waals surface area contributed by atoms with Crippen molar-refractivity contribution in [3.8, 4) is 5.75 Å². The second-order valence-corrected chi connectivity index (χ2v) is 4.87. The normalized spacial score (nSPS) is 10.6. The number of halogens is 1. The zero-order valence-corrected chi connectivity index (χ0v) is 11.8. The second kappa shape index (κ2) is 6.90. The minimum Gasteiger partial charge on any atom is -0.488 e. The van der Waals surface area contributed by atoms with Gasteiger partial charge in [-0.2, -0.15) is 0 Å². The molecule has 96 valence electrons. The number of carbonyl (C=O) groups excluding carboxylic acids is 1. The lowest BCUT2D eigenvalue weighted by atomic mass is 10.2. The predicted octanol–water partition coefficient (Wildman–Crippen LogP) is 4.24. The van der Waals surface area contributed by atoms with Gasteiger partial charge in [-0.3, -0.25) is 4.79 Å². The van der Waals surface area contributed by atoms with Gasteiger partial charge < -0.3 is 4.74 Å². The summed E-state index contributed by atoms with van der Waals surface area (Å²) < 4.78 is 6.74. The fraction of sp³-hybridized carbons (Fsp3) is 0.0625.